The van der Waals surface area contributed by atoms with Crippen LogP contribution in [0.5, 0.6) is 5.75 Å². The van der Waals surface area contributed by atoms with Crippen molar-refractivity contribution >= 4 is 11.6 Å². The van der Waals surface area contributed by atoms with Gasteiger partial charge in [0.2, 0.25) is 5.91 Å². The Morgan fingerprint density at radius 1 is 1.22 bits per heavy atom. The molecule has 1 aliphatic rings. The molecule has 0 aromatic heterocycles. The summed E-state index contributed by atoms with van der Waals surface area (Å²) < 4.78 is 32.7. The number of hydrogen-bond acceptors (Lipinski definition) is 2. The zero-order valence-electron chi connectivity index (χ0n) is 12.9. The van der Waals surface area contributed by atoms with Crippen LogP contribution in [0.3, 0.4) is 0 Å². The summed E-state index contributed by atoms with van der Waals surface area (Å²) in [7, 11) is 0. The summed E-state index contributed by atoms with van der Waals surface area (Å²) in [6.45, 7) is 3.45. The number of fused-ring (bicyclic) bond motifs is 1. The van der Waals surface area contributed by atoms with Crippen LogP contribution in [-0.2, 0) is 4.79 Å². The number of amides is 1. The average Bonchev–Trinajstić information content (AvgIpc) is 2.49. The summed E-state index contributed by atoms with van der Waals surface area (Å²) in [5, 5.41) is 0. The lowest BCUT2D eigenvalue weighted by Gasteiger charge is -2.38. The maximum atomic E-state index is 13.9. The Labute approximate surface area is 133 Å². The minimum absolute atomic E-state index is 0.00896. The molecule has 2 aromatic rings. The lowest BCUT2D eigenvalue weighted by molar-refractivity contribution is -0.117. The van der Waals surface area contributed by atoms with Crippen LogP contribution in [0.4, 0.5) is 14.5 Å². The van der Waals surface area contributed by atoms with Gasteiger partial charge in [0.1, 0.15) is 11.9 Å². The molecule has 2 atom stereocenters. The van der Waals surface area contributed by atoms with Crippen LogP contribution in [0.1, 0.15) is 31.9 Å². The number of nitrogens with zero attached hydrogens (tertiary/aromatic N) is 1. The molecule has 0 N–H and O–H groups in total. The fourth-order valence-electron chi connectivity index (χ4n) is 3.07. The van der Waals surface area contributed by atoms with E-state index in [-0.39, 0.29) is 17.7 Å². The zero-order chi connectivity index (χ0) is 16.6. The number of carbonyl (C=O) groups excluding carboxylic acids is 1. The van der Waals surface area contributed by atoms with Crippen LogP contribution in [0.25, 0.3) is 0 Å². The Bertz CT molecular complexity index is 748. The lowest BCUT2D eigenvalue weighted by Crippen LogP contribution is -2.42. The number of hydrogen-bond donors (Lipinski definition) is 0. The molecule has 0 saturated heterocycles. The normalized spacial score (nSPS) is 20.1. The molecular weight excluding hydrogens is 300 g/mol. The average molecular weight is 317 g/mol. The molecule has 0 bridgehead atoms. The van der Waals surface area contributed by atoms with E-state index in [1.807, 2.05) is 31.2 Å². The van der Waals surface area contributed by atoms with Crippen LogP contribution >= 0.6 is 0 Å². The van der Waals surface area contributed by atoms with E-state index in [0.29, 0.717) is 6.42 Å². The van der Waals surface area contributed by atoms with Crippen LogP contribution < -0.4 is 9.64 Å². The number of carbonyl (C=O) groups is 1. The molecule has 0 saturated carbocycles. The largest absolute Gasteiger partial charge is 0.482 e. The van der Waals surface area contributed by atoms with Gasteiger partial charge >= 0.3 is 0 Å². The van der Waals surface area contributed by atoms with Gasteiger partial charge in [0.05, 0.1) is 5.69 Å². The molecule has 0 spiro atoms. The molecule has 1 amide bonds. The van der Waals surface area contributed by atoms with Crippen molar-refractivity contribution in [3.8, 4) is 5.75 Å². The molecular formula is C18H17F2NO2. The standard InChI is InChI=1S/C18H17F2NO2/c1-11-9-18(23-17-8-7-13(19)10-15(17)20)14-5-3-4-6-16(14)21(11)12(2)22/h3-8,10-11,18H,9H2,1-2H3. The molecule has 3 rings (SSSR count). The Hall–Kier alpha value is -2.43. The SMILES string of the molecule is CC(=O)N1c2ccccc2C(Oc2ccc(F)cc2F)CC1C. The highest BCUT2D eigenvalue weighted by molar-refractivity contribution is 5.93. The van der Waals surface area contributed by atoms with Gasteiger partial charge in [-0.05, 0) is 25.1 Å². The summed E-state index contributed by atoms with van der Waals surface area (Å²) >= 11 is 0. The molecule has 0 fully saturated rings. The molecule has 1 aliphatic heterocycles. The van der Waals surface area contributed by atoms with Crippen molar-refractivity contribution in [3.63, 3.8) is 0 Å². The van der Waals surface area contributed by atoms with E-state index in [1.165, 1.54) is 19.1 Å². The zero-order valence-corrected chi connectivity index (χ0v) is 12.9. The van der Waals surface area contributed by atoms with Crippen LogP contribution in [0.2, 0.25) is 0 Å². The monoisotopic (exact) mass is 317 g/mol. The van der Waals surface area contributed by atoms with Crippen molar-refractivity contribution in [1.29, 1.82) is 0 Å². The van der Waals surface area contributed by atoms with Crippen LogP contribution in [-0.4, -0.2) is 11.9 Å². The first-order valence-corrected chi connectivity index (χ1v) is 7.48. The van der Waals surface area contributed by atoms with E-state index in [4.69, 9.17) is 4.74 Å². The highest BCUT2D eigenvalue weighted by Gasteiger charge is 2.33. The second kappa shape index (κ2) is 5.99. The van der Waals surface area contributed by atoms with Crippen LogP contribution in [0, 0.1) is 11.6 Å². The van der Waals surface area contributed by atoms with Crippen molar-refractivity contribution in [2.75, 3.05) is 4.90 Å². The van der Waals surface area contributed by atoms with Crippen molar-refractivity contribution in [1.82, 2.24) is 0 Å². The van der Waals surface area contributed by atoms with Gasteiger partial charge in [-0.25, -0.2) is 8.78 Å². The summed E-state index contributed by atoms with van der Waals surface area (Å²) in [6, 6.07) is 10.6. The highest BCUT2D eigenvalue weighted by Crippen LogP contribution is 2.40. The second-order valence-electron chi connectivity index (χ2n) is 5.71. The maximum Gasteiger partial charge on any atom is 0.224 e. The number of rotatable bonds is 2. The van der Waals surface area contributed by atoms with E-state index in [0.717, 1.165) is 17.3 Å². The Balaban J connectivity index is 1.97. The minimum Gasteiger partial charge on any atom is -0.482 e. The van der Waals surface area contributed by atoms with E-state index in [9.17, 15) is 13.6 Å². The topological polar surface area (TPSA) is 29.5 Å². The van der Waals surface area contributed by atoms with Gasteiger partial charge in [-0.1, -0.05) is 18.2 Å². The van der Waals surface area contributed by atoms with Crippen molar-refractivity contribution in [2.24, 2.45) is 0 Å². The first-order chi connectivity index (χ1) is 11.0. The molecule has 0 radical (unpaired) electrons. The third-order valence-electron chi connectivity index (χ3n) is 4.04. The number of anilines is 1. The molecule has 5 heteroatoms. The molecule has 120 valence electrons. The van der Waals surface area contributed by atoms with Crippen molar-refractivity contribution in [2.45, 2.75) is 32.4 Å². The third kappa shape index (κ3) is 2.91. The Kier molecular flexibility index (Phi) is 4.03. The first-order valence-electron chi connectivity index (χ1n) is 7.48. The number of para-hydroxylation sites is 1. The molecule has 2 unspecified atom stereocenters. The van der Waals surface area contributed by atoms with Crippen LogP contribution in [0.15, 0.2) is 42.5 Å². The molecule has 3 nitrogen and oxygen atoms in total. The smallest absolute Gasteiger partial charge is 0.224 e. The third-order valence-corrected chi connectivity index (χ3v) is 4.04. The van der Waals surface area contributed by atoms with Gasteiger partial charge in [0, 0.05) is 31.0 Å². The Morgan fingerprint density at radius 2 is 1.96 bits per heavy atom. The van der Waals surface area contributed by atoms with E-state index in [1.54, 1.807) is 4.90 Å². The molecule has 2 aromatic carbocycles. The van der Waals surface area contributed by atoms with Crippen molar-refractivity contribution < 1.29 is 18.3 Å². The predicted octanol–water partition coefficient (Wildman–Crippen LogP) is 4.23. The van der Waals surface area contributed by atoms with Gasteiger partial charge in [0.25, 0.3) is 0 Å². The quantitative estimate of drug-likeness (QED) is 0.829. The van der Waals surface area contributed by atoms with Gasteiger partial charge < -0.3 is 9.64 Å². The fourth-order valence-corrected chi connectivity index (χ4v) is 3.07. The number of ether oxygens (including phenoxy) is 1. The molecule has 0 aliphatic carbocycles. The highest BCUT2D eigenvalue weighted by atomic mass is 19.1. The summed E-state index contributed by atoms with van der Waals surface area (Å²) in [6.07, 6.45) is 0.143. The number of benzene rings is 2. The molecule has 23 heavy (non-hydrogen) atoms. The second-order valence-corrected chi connectivity index (χ2v) is 5.71. The van der Waals surface area contributed by atoms with Gasteiger partial charge in [-0.3, -0.25) is 4.79 Å². The predicted molar refractivity (Wildman–Crippen MR) is 83.4 cm³/mol. The minimum atomic E-state index is -0.732. The summed E-state index contributed by atoms with van der Waals surface area (Å²) in [5.74, 6) is -1.41. The van der Waals surface area contributed by atoms with E-state index < -0.39 is 17.7 Å². The number of halogens is 2. The lowest BCUT2D eigenvalue weighted by atomic mass is 9.93. The van der Waals surface area contributed by atoms with Crippen molar-refractivity contribution in [3.05, 3.63) is 59.7 Å². The maximum absolute atomic E-state index is 13.9. The summed E-state index contributed by atoms with van der Waals surface area (Å²) in [5.41, 5.74) is 1.59. The fraction of sp³-hybridized carbons (Fsp3) is 0.278. The van der Waals surface area contributed by atoms with E-state index in [2.05, 4.69) is 0 Å². The summed E-state index contributed by atoms with van der Waals surface area (Å²) in [4.78, 5) is 13.6. The first kappa shape index (κ1) is 15.5. The molecule has 1 heterocycles. The van der Waals surface area contributed by atoms with Gasteiger partial charge in [-0.2, -0.15) is 0 Å². The Morgan fingerprint density at radius 3 is 2.65 bits per heavy atom. The van der Waals surface area contributed by atoms with Gasteiger partial charge in [0.15, 0.2) is 11.6 Å². The van der Waals surface area contributed by atoms with Gasteiger partial charge in [-0.15, -0.1) is 0 Å². The van der Waals surface area contributed by atoms with E-state index >= 15 is 0 Å².